The molecule has 25 heavy (non-hydrogen) atoms. The Hall–Kier alpha value is -2.97. The first kappa shape index (κ1) is 16.9. The number of piperidine rings is 1. The average Bonchev–Trinajstić information content (AvgIpc) is 3.09. The number of likely N-dealkylation sites (tertiary alicyclic amines) is 1. The molecule has 3 rings (SSSR count). The van der Waals surface area contributed by atoms with Crippen molar-refractivity contribution in [1.82, 2.24) is 20.4 Å². The van der Waals surface area contributed by atoms with E-state index < -0.39 is 11.7 Å². The summed E-state index contributed by atoms with van der Waals surface area (Å²) < 4.78 is 18.7. The number of hydrogen-bond acceptors (Lipinski definition) is 5. The number of hydrogen-bond donors (Lipinski definition) is 2. The number of carbonyl (C=O) groups is 2. The molecule has 132 valence electrons. The van der Waals surface area contributed by atoms with Crippen LogP contribution in [0.25, 0.3) is 11.4 Å². The molecule has 1 fully saturated rings. The molecule has 9 heteroatoms. The summed E-state index contributed by atoms with van der Waals surface area (Å²) in [6.45, 7) is 0.865. The second-order valence-electron chi connectivity index (χ2n) is 5.84. The zero-order chi connectivity index (χ0) is 17.8. The van der Waals surface area contributed by atoms with E-state index in [0.717, 1.165) is 6.42 Å². The summed E-state index contributed by atoms with van der Waals surface area (Å²) in [5, 5.41) is 6.37. The highest BCUT2D eigenvalue weighted by molar-refractivity contribution is 5.79. The number of halogens is 1. The van der Waals surface area contributed by atoms with E-state index in [1.54, 1.807) is 18.2 Å². The third-order valence-corrected chi connectivity index (χ3v) is 4.08. The van der Waals surface area contributed by atoms with Crippen LogP contribution in [0.5, 0.6) is 0 Å². The fourth-order valence-corrected chi connectivity index (χ4v) is 2.74. The molecule has 3 N–H and O–H groups in total. The van der Waals surface area contributed by atoms with Gasteiger partial charge in [-0.25, -0.2) is 9.18 Å². The molecule has 1 aliphatic rings. The number of nitrogens with one attached hydrogen (secondary N) is 1. The lowest BCUT2D eigenvalue weighted by Gasteiger charge is -2.31. The highest BCUT2D eigenvalue weighted by Gasteiger charge is 2.27. The van der Waals surface area contributed by atoms with Crippen molar-refractivity contribution in [2.24, 2.45) is 11.7 Å². The van der Waals surface area contributed by atoms with Gasteiger partial charge in [-0.1, -0.05) is 17.3 Å². The minimum Gasteiger partial charge on any atom is -0.369 e. The number of nitrogens with zero attached hydrogens (tertiary/aromatic N) is 3. The van der Waals surface area contributed by atoms with Gasteiger partial charge in [0.1, 0.15) is 5.82 Å². The largest absolute Gasteiger partial charge is 0.369 e. The highest BCUT2D eigenvalue weighted by atomic mass is 19.1. The lowest BCUT2D eigenvalue weighted by molar-refractivity contribution is -0.123. The molecule has 1 aromatic heterocycles. The van der Waals surface area contributed by atoms with Crippen LogP contribution in [0.2, 0.25) is 0 Å². The van der Waals surface area contributed by atoms with Crippen molar-refractivity contribution in [3.63, 3.8) is 0 Å². The molecular formula is C16H18FN5O3. The van der Waals surface area contributed by atoms with E-state index in [-0.39, 0.29) is 35.8 Å². The minimum atomic E-state index is -0.454. The van der Waals surface area contributed by atoms with Crippen molar-refractivity contribution in [3.8, 4) is 11.4 Å². The van der Waals surface area contributed by atoms with Crippen molar-refractivity contribution in [2.45, 2.75) is 19.4 Å². The summed E-state index contributed by atoms with van der Waals surface area (Å²) in [6.07, 6.45) is 1.41. The van der Waals surface area contributed by atoms with Crippen molar-refractivity contribution in [3.05, 3.63) is 36.0 Å². The van der Waals surface area contributed by atoms with Crippen LogP contribution in [0.1, 0.15) is 18.7 Å². The van der Waals surface area contributed by atoms with Crippen LogP contribution in [0, 0.1) is 11.7 Å². The van der Waals surface area contributed by atoms with E-state index in [1.165, 1.54) is 11.0 Å². The van der Waals surface area contributed by atoms with Crippen LogP contribution in [0.15, 0.2) is 28.8 Å². The number of rotatable bonds is 4. The zero-order valence-electron chi connectivity index (χ0n) is 13.4. The lowest BCUT2D eigenvalue weighted by atomic mass is 9.98. The number of amides is 3. The monoisotopic (exact) mass is 347 g/mol. The summed E-state index contributed by atoms with van der Waals surface area (Å²) in [5.74, 6) is -0.895. The smallest absolute Gasteiger partial charge is 0.317 e. The predicted molar refractivity (Wildman–Crippen MR) is 85.4 cm³/mol. The predicted octanol–water partition coefficient (Wildman–Crippen LogP) is 1.28. The molecule has 1 saturated heterocycles. The summed E-state index contributed by atoms with van der Waals surface area (Å²) in [5.41, 5.74) is 5.53. The lowest BCUT2D eigenvalue weighted by Crippen LogP contribution is -2.47. The Kier molecular flexibility index (Phi) is 4.92. The van der Waals surface area contributed by atoms with Gasteiger partial charge in [-0.3, -0.25) is 4.79 Å². The Labute approximate surface area is 143 Å². The third-order valence-electron chi connectivity index (χ3n) is 4.08. The van der Waals surface area contributed by atoms with E-state index in [4.69, 9.17) is 10.3 Å². The van der Waals surface area contributed by atoms with Crippen molar-refractivity contribution in [2.75, 3.05) is 13.1 Å². The number of benzene rings is 1. The summed E-state index contributed by atoms with van der Waals surface area (Å²) >= 11 is 0. The Morgan fingerprint density at radius 2 is 2.20 bits per heavy atom. The van der Waals surface area contributed by atoms with Gasteiger partial charge in [-0.2, -0.15) is 4.98 Å². The van der Waals surface area contributed by atoms with Gasteiger partial charge in [0.05, 0.1) is 18.0 Å². The molecule has 0 bridgehead atoms. The zero-order valence-corrected chi connectivity index (χ0v) is 13.4. The van der Waals surface area contributed by atoms with Gasteiger partial charge < -0.3 is 20.5 Å². The number of urea groups is 1. The molecule has 3 amide bonds. The first-order valence-electron chi connectivity index (χ1n) is 7.94. The van der Waals surface area contributed by atoms with Crippen LogP contribution in [-0.4, -0.2) is 40.1 Å². The fourth-order valence-electron chi connectivity index (χ4n) is 2.74. The number of carbonyl (C=O) groups excluding carboxylic acids is 2. The maximum atomic E-state index is 13.7. The maximum absolute atomic E-state index is 13.7. The molecule has 8 nitrogen and oxygen atoms in total. The summed E-state index contributed by atoms with van der Waals surface area (Å²) in [4.78, 5) is 29.1. The number of nitrogens with two attached hydrogens (primary N) is 1. The molecule has 1 atom stereocenters. The van der Waals surface area contributed by atoms with Crippen LogP contribution in [0.3, 0.4) is 0 Å². The molecule has 0 aliphatic carbocycles. The molecule has 0 saturated carbocycles. The van der Waals surface area contributed by atoms with Crippen molar-refractivity contribution < 1.29 is 18.5 Å². The Bertz CT molecular complexity index is 779. The molecule has 0 unspecified atom stereocenters. The van der Waals surface area contributed by atoms with Gasteiger partial charge in [0.15, 0.2) is 0 Å². The Morgan fingerprint density at radius 3 is 2.96 bits per heavy atom. The van der Waals surface area contributed by atoms with E-state index in [0.29, 0.717) is 19.5 Å². The summed E-state index contributed by atoms with van der Waals surface area (Å²) in [7, 11) is 0. The second-order valence-corrected chi connectivity index (χ2v) is 5.84. The van der Waals surface area contributed by atoms with Gasteiger partial charge in [-0.05, 0) is 25.0 Å². The third kappa shape index (κ3) is 3.93. The van der Waals surface area contributed by atoms with Gasteiger partial charge in [-0.15, -0.1) is 0 Å². The Morgan fingerprint density at radius 1 is 1.40 bits per heavy atom. The quantitative estimate of drug-likeness (QED) is 0.865. The van der Waals surface area contributed by atoms with Crippen molar-refractivity contribution in [1.29, 1.82) is 0 Å². The SMILES string of the molecule is NC(=O)[C@@H]1CCCN(C(=O)NCc2nc(-c3ccccc3F)no2)C1. The van der Waals surface area contributed by atoms with Crippen molar-refractivity contribution >= 4 is 11.9 Å². The molecule has 2 aromatic rings. The minimum absolute atomic E-state index is 0.0119. The Balaban J connectivity index is 1.58. The fraction of sp³-hybridized carbons (Fsp3) is 0.375. The number of aromatic nitrogens is 2. The van der Waals surface area contributed by atoms with Gasteiger partial charge in [0.2, 0.25) is 17.6 Å². The van der Waals surface area contributed by atoms with Crippen LogP contribution in [-0.2, 0) is 11.3 Å². The van der Waals surface area contributed by atoms with Crippen LogP contribution >= 0.6 is 0 Å². The average molecular weight is 347 g/mol. The van der Waals surface area contributed by atoms with Gasteiger partial charge in [0, 0.05) is 13.1 Å². The molecule has 0 spiro atoms. The maximum Gasteiger partial charge on any atom is 0.317 e. The molecular weight excluding hydrogens is 329 g/mol. The number of primary amides is 1. The second kappa shape index (κ2) is 7.29. The molecule has 0 radical (unpaired) electrons. The highest BCUT2D eigenvalue weighted by Crippen LogP contribution is 2.19. The molecule has 2 heterocycles. The summed E-state index contributed by atoms with van der Waals surface area (Å²) in [6, 6.07) is 5.75. The van der Waals surface area contributed by atoms with E-state index in [9.17, 15) is 14.0 Å². The molecule has 1 aromatic carbocycles. The van der Waals surface area contributed by atoms with E-state index >= 15 is 0 Å². The first-order valence-corrected chi connectivity index (χ1v) is 7.94. The standard InChI is InChI=1S/C16H18FN5O3/c17-12-6-2-1-5-11(12)15-20-13(25-21-15)8-19-16(24)22-7-3-4-10(9-22)14(18)23/h1-2,5-6,10H,3-4,7-9H2,(H2,18,23)(H,19,24)/t10-/m1/s1. The normalized spacial score (nSPS) is 17.3. The van der Waals surface area contributed by atoms with Gasteiger partial charge in [0.25, 0.3) is 0 Å². The topological polar surface area (TPSA) is 114 Å². The van der Waals surface area contributed by atoms with E-state index in [2.05, 4.69) is 15.5 Å². The van der Waals surface area contributed by atoms with Gasteiger partial charge >= 0.3 is 6.03 Å². The first-order chi connectivity index (χ1) is 12.0. The van der Waals surface area contributed by atoms with Crippen LogP contribution < -0.4 is 11.1 Å². The van der Waals surface area contributed by atoms with Crippen LogP contribution in [0.4, 0.5) is 9.18 Å². The molecule has 1 aliphatic heterocycles. The van der Waals surface area contributed by atoms with E-state index in [1.807, 2.05) is 0 Å².